The smallest absolute Gasteiger partial charge is 0.312 e. The van der Waals surface area contributed by atoms with E-state index in [0.717, 1.165) is 0 Å². The lowest BCUT2D eigenvalue weighted by atomic mass is 9.75. The van der Waals surface area contributed by atoms with Crippen LogP contribution in [0.15, 0.2) is 60.7 Å². The Morgan fingerprint density at radius 1 is 1.00 bits per heavy atom. The summed E-state index contributed by atoms with van der Waals surface area (Å²) in [4.78, 5) is 12.4. The normalized spacial score (nSPS) is 12.7. The van der Waals surface area contributed by atoms with Crippen LogP contribution in [0.5, 0.6) is 0 Å². The lowest BCUT2D eigenvalue weighted by molar-refractivity contribution is -0.156. The highest BCUT2D eigenvalue weighted by molar-refractivity contribution is 5.75. The molecular formula is C19H22O3. The van der Waals surface area contributed by atoms with Crippen molar-refractivity contribution in [3.8, 4) is 0 Å². The first kappa shape index (κ1) is 16.2. The van der Waals surface area contributed by atoms with Gasteiger partial charge in [0, 0.05) is 0 Å². The fraction of sp³-hybridized carbons (Fsp3) is 0.316. The molecule has 1 N–H and O–H groups in total. The molecule has 22 heavy (non-hydrogen) atoms. The van der Waals surface area contributed by atoms with Gasteiger partial charge in [-0.15, -0.1) is 0 Å². The third-order valence-corrected chi connectivity index (χ3v) is 3.91. The predicted octanol–water partition coefficient (Wildman–Crippen LogP) is 3.51. The van der Waals surface area contributed by atoms with E-state index in [4.69, 9.17) is 4.74 Å². The zero-order valence-electron chi connectivity index (χ0n) is 13.0. The number of rotatable bonds is 6. The highest BCUT2D eigenvalue weighted by atomic mass is 16.5. The summed E-state index contributed by atoms with van der Waals surface area (Å²) in [6, 6.07) is 18.6. The third-order valence-electron chi connectivity index (χ3n) is 3.91. The van der Waals surface area contributed by atoms with Crippen LogP contribution in [0, 0.1) is 5.92 Å². The van der Waals surface area contributed by atoms with Crippen LogP contribution in [0.2, 0.25) is 0 Å². The molecule has 0 saturated carbocycles. The molecule has 2 aromatic carbocycles. The summed E-state index contributed by atoms with van der Waals surface area (Å²) in [5.41, 5.74) is -0.00835. The Hall–Kier alpha value is -2.13. The Balaban J connectivity index is 2.57. The molecule has 0 spiro atoms. The van der Waals surface area contributed by atoms with Crippen molar-refractivity contribution < 1.29 is 14.6 Å². The second kappa shape index (κ2) is 7.23. The largest absolute Gasteiger partial charge is 0.466 e. The first-order valence-electron chi connectivity index (χ1n) is 7.64. The van der Waals surface area contributed by atoms with Gasteiger partial charge < -0.3 is 9.84 Å². The predicted molar refractivity (Wildman–Crippen MR) is 86.3 cm³/mol. The number of hydrogen-bond acceptors (Lipinski definition) is 3. The van der Waals surface area contributed by atoms with Gasteiger partial charge in [0.15, 0.2) is 0 Å². The Morgan fingerprint density at radius 2 is 1.45 bits per heavy atom. The summed E-state index contributed by atoms with van der Waals surface area (Å²) in [5, 5.41) is 11.5. The van der Waals surface area contributed by atoms with E-state index in [1.807, 2.05) is 67.6 Å². The molecule has 2 aromatic rings. The van der Waals surface area contributed by atoms with Crippen molar-refractivity contribution >= 4 is 5.97 Å². The number of benzene rings is 2. The molecular weight excluding hydrogens is 276 g/mol. The van der Waals surface area contributed by atoms with Crippen molar-refractivity contribution in [2.45, 2.75) is 25.9 Å². The molecule has 3 heteroatoms. The Labute approximate surface area is 131 Å². The summed E-state index contributed by atoms with van der Waals surface area (Å²) in [5.74, 6) is -1.03. The molecule has 3 nitrogen and oxygen atoms in total. The van der Waals surface area contributed by atoms with E-state index in [2.05, 4.69) is 0 Å². The summed E-state index contributed by atoms with van der Waals surface area (Å²) in [6.07, 6.45) is 0.485. The highest BCUT2D eigenvalue weighted by Gasteiger charge is 2.44. The Bertz CT molecular complexity index is 553. The van der Waals surface area contributed by atoms with Crippen LogP contribution in [-0.4, -0.2) is 17.7 Å². The minimum Gasteiger partial charge on any atom is -0.466 e. The minimum absolute atomic E-state index is 0.301. The zero-order chi connectivity index (χ0) is 16.0. The number of carbonyl (C=O) groups is 1. The third kappa shape index (κ3) is 3.04. The van der Waals surface area contributed by atoms with Crippen LogP contribution < -0.4 is 0 Å². The maximum Gasteiger partial charge on any atom is 0.312 e. The van der Waals surface area contributed by atoms with Crippen molar-refractivity contribution in [1.29, 1.82) is 0 Å². The van der Waals surface area contributed by atoms with Gasteiger partial charge in [-0.3, -0.25) is 4.79 Å². The second-order valence-corrected chi connectivity index (χ2v) is 5.21. The van der Waals surface area contributed by atoms with E-state index in [1.54, 1.807) is 6.92 Å². The standard InChI is InChI=1S/C19H22O3/c1-3-17(18(20)22-4-2)19(21,15-11-7-5-8-12-15)16-13-9-6-10-14-16/h5-14,17,21H,3-4H2,1-2H3/t17-/m1/s1. The number of carbonyl (C=O) groups excluding carboxylic acids is 1. The number of ether oxygens (including phenoxy) is 1. The summed E-state index contributed by atoms with van der Waals surface area (Å²) < 4.78 is 5.19. The SMILES string of the molecule is CCOC(=O)[C@@H](CC)C(O)(c1ccccc1)c1ccccc1. The fourth-order valence-corrected chi connectivity index (χ4v) is 2.83. The maximum absolute atomic E-state index is 12.4. The Kier molecular flexibility index (Phi) is 5.34. The van der Waals surface area contributed by atoms with Crippen LogP contribution in [0.3, 0.4) is 0 Å². The number of aliphatic hydroxyl groups is 1. The van der Waals surface area contributed by atoms with Crippen molar-refractivity contribution in [2.75, 3.05) is 6.61 Å². The summed E-state index contributed by atoms with van der Waals surface area (Å²) in [7, 11) is 0. The van der Waals surface area contributed by atoms with Gasteiger partial charge in [0.2, 0.25) is 0 Å². The van der Waals surface area contributed by atoms with E-state index in [9.17, 15) is 9.90 Å². The number of hydrogen-bond donors (Lipinski definition) is 1. The monoisotopic (exact) mass is 298 g/mol. The molecule has 0 radical (unpaired) electrons. The topological polar surface area (TPSA) is 46.5 Å². The van der Waals surface area contributed by atoms with Crippen molar-refractivity contribution in [1.82, 2.24) is 0 Å². The van der Waals surface area contributed by atoms with Gasteiger partial charge in [0.25, 0.3) is 0 Å². The molecule has 0 unspecified atom stereocenters. The molecule has 0 heterocycles. The maximum atomic E-state index is 12.4. The molecule has 2 rings (SSSR count). The molecule has 0 aliphatic heterocycles. The van der Waals surface area contributed by atoms with Crippen LogP contribution in [0.4, 0.5) is 0 Å². The average molecular weight is 298 g/mol. The quantitative estimate of drug-likeness (QED) is 0.830. The lowest BCUT2D eigenvalue weighted by Gasteiger charge is -2.35. The van der Waals surface area contributed by atoms with Gasteiger partial charge in [0.05, 0.1) is 12.5 Å². The molecule has 0 amide bonds. The lowest BCUT2D eigenvalue weighted by Crippen LogP contribution is -2.41. The highest BCUT2D eigenvalue weighted by Crippen LogP contribution is 2.39. The van der Waals surface area contributed by atoms with Crippen molar-refractivity contribution in [2.24, 2.45) is 5.92 Å². The van der Waals surface area contributed by atoms with Crippen molar-refractivity contribution in [3.63, 3.8) is 0 Å². The molecule has 0 aromatic heterocycles. The fourth-order valence-electron chi connectivity index (χ4n) is 2.83. The first-order valence-corrected chi connectivity index (χ1v) is 7.64. The second-order valence-electron chi connectivity index (χ2n) is 5.21. The first-order chi connectivity index (χ1) is 10.6. The molecule has 116 valence electrons. The van der Waals surface area contributed by atoms with Gasteiger partial charge >= 0.3 is 5.97 Å². The van der Waals surface area contributed by atoms with Gasteiger partial charge in [-0.1, -0.05) is 67.6 Å². The van der Waals surface area contributed by atoms with Crippen LogP contribution in [0.25, 0.3) is 0 Å². The molecule has 0 saturated heterocycles. The molecule has 0 aliphatic carbocycles. The van der Waals surface area contributed by atoms with E-state index >= 15 is 0 Å². The Morgan fingerprint density at radius 3 is 1.82 bits per heavy atom. The molecule has 0 fully saturated rings. The number of esters is 1. The van der Waals surface area contributed by atoms with Gasteiger partial charge in [-0.25, -0.2) is 0 Å². The zero-order valence-corrected chi connectivity index (χ0v) is 13.0. The molecule has 0 bridgehead atoms. The van der Waals surface area contributed by atoms with E-state index in [0.29, 0.717) is 24.2 Å². The van der Waals surface area contributed by atoms with Crippen LogP contribution >= 0.6 is 0 Å². The van der Waals surface area contributed by atoms with Gasteiger partial charge in [-0.2, -0.15) is 0 Å². The minimum atomic E-state index is -1.40. The van der Waals surface area contributed by atoms with Crippen LogP contribution in [-0.2, 0) is 15.1 Å². The van der Waals surface area contributed by atoms with E-state index in [1.165, 1.54) is 0 Å². The average Bonchev–Trinajstić information content (AvgIpc) is 2.57. The molecule has 0 aliphatic rings. The molecule has 1 atom stereocenters. The van der Waals surface area contributed by atoms with Gasteiger partial charge in [0.1, 0.15) is 5.60 Å². The van der Waals surface area contributed by atoms with E-state index in [-0.39, 0.29) is 5.97 Å². The summed E-state index contributed by atoms with van der Waals surface area (Å²) >= 11 is 0. The summed E-state index contributed by atoms with van der Waals surface area (Å²) in [6.45, 7) is 3.96. The van der Waals surface area contributed by atoms with Crippen LogP contribution in [0.1, 0.15) is 31.4 Å². The van der Waals surface area contributed by atoms with Gasteiger partial charge in [-0.05, 0) is 24.5 Å². The van der Waals surface area contributed by atoms with E-state index < -0.39 is 11.5 Å². The van der Waals surface area contributed by atoms with Crippen molar-refractivity contribution in [3.05, 3.63) is 71.8 Å².